The fraction of sp³-hybridized carbons (Fsp3) is 0.643. The van der Waals surface area contributed by atoms with Gasteiger partial charge in [-0.25, -0.2) is 0 Å². The number of nitrogens with zero attached hydrogens (tertiary/aromatic N) is 1. The second-order valence-corrected chi connectivity index (χ2v) is 5.27. The number of aldehydes is 1. The number of carbonyl (C=O) groups excluding carboxylic acids is 1. The van der Waals surface area contributed by atoms with Crippen molar-refractivity contribution in [3.05, 3.63) is 23.0 Å². The first-order chi connectivity index (χ1) is 8.12. The lowest BCUT2D eigenvalue weighted by Gasteiger charge is -2.18. The molecular formula is C14H21NO2. The van der Waals surface area contributed by atoms with Crippen molar-refractivity contribution in [3.8, 4) is 0 Å². The zero-order valence-corrected chi connectivity index (χ0v) is 11.0. The van der Waals surface area contributed by atoms with Gasteiger partial charge in [0.15, 0.2) is 6.29 Å². The molecule has 1 saturated carbocycles. The van der Waals surface area contributed by atoms with Gasteiger partial charge in [-0.15, -0.1) is 0 Å². The van der Waals surface area contributed by atoms with Crippen LogP contribution in [0.3, 0.4) is 0 Å². The van der Waals surface area contributed by atoms with Crippen LogP contribution in [0.4, 0.5) is 0 Å². The smallest absolute Gasteiger partial charge is 0.151 e. The van der Waals surface area contributed by atoms with Crippen LogP contribution in [0.25, 0.3) is 0 Å². The van der Waals surface area contributed by atoms with Gasteiger partial charge in [0.25, 0.3) is 0 Å². The highest BCUT2D eigenvalue weighted by molar-refractivity contribution is 5.77. The largest absolute Gasteiger partial charge is 0.385 e. The summed E-state index contributed by atoms with van der Waals surface area (Å²) in [4.78, 5) is 10.9. The van der Waals surface area contributed by atoms with Crippen molar-refractivity contribution < 1.29 is 9.53 Å². The molecule has 0 radical (unpaired) electrons. The Morgan fingerprint density at radius 3 is 2.65 bits per heavy atom. The zero-order valence-electron chi connectivity index (χ0n) is 11.0. The van der Waals surface area contributed by atoms with Gasteiger partial charge in [0, 0.05) is 37.2 Å². The number of methoxy groups -OCH3 is 1. The number of ether oxygens (including phenoxy) is 1. The number of aromatic nitrogens is 1. The Morgan fingerprint density at radius 1 is 1.47 bits per heavy atom. The quantitative estimate of drug-likeness (QED) is 0.710. The Kier molecular flexibility index (Phi) is 3.38. The van der Waals surface area contributed by atoms with Crippen LogP contribution in [-0.2, 0) is 11.3 Å². The summed E-state index contributed by atoms with van der Waals surface area (Å²) in [5.41, 5.74) is 3.53. The highest BCUT2D eigenvalue weighted by Gasteiger charge is 2.42. The highest BCUT2D eigenvalue weighted by Crippen LogP contribution is 2.50. The van der Waals surface area contributed by atoms with Gasteiger partial charge in [-0.3, -0.25) is 4.79 Å². The van der Waals surface area contributed by atoms with Crippen LogP contribution in [0.1, 0.15) is 41.0 Å². The number of rotatable bonds is 6. The molecule has 3 heteroatoms. The topological polar surface area (TPSA) is 31.2 Å². The van der Waals surface area contributed by atoms with E-state index in [4.69, 9.17) is 4.74 Å². The second kappa shape index (κ2) is 4.65. The molecule has 17 heavy (non-hydrogen) atoms. The first kappa shape index (κ1) is 12.4. The average molecular weight is 235 g/mol. The standard InChI is InChI=1S/C14H21NO2/c1-11-8-13(9-16)12(2)15(11)10-14(4-5-14)6-7-17-3/h8-9H,4-7,10H2,1-3H3. The summed E-state index contributed by atoms with van der Waals surface area (Å²) >= 11 is 0. The van der Waals surface area contributed by atoms with Crippen molar-refractivity contribution >= 4 is 6.29 Å². The molecule has 0 unspecified atom stereocenters. The third kappa shape index (κ3) is 2.44. The van der Waals surface area contributed by atoms with E-state index >= 15 is 0 Å². The van der Waals surface area contributed by atoms with Crippen molar-refractivity contribution in [2.24, 2.45) is 5.41 Å². The molecule has 0 amide bonds. The van der Waals surface area contributed by atoms with E-state index < -0.39 is 0 Å². The Bertz CT molecular complexity index is 416. The molecule has 0 aromatic carbocycles. The summed E-state index contributed by atoms with van der Waals surface area (Å²) in [6, 6.07) is 1.98. The summed E-state index contributed by atoms with van der Waals surface area (Å²) in [7, 11) is 1.76. The van der Waals surface area contributed by atoms with Crippen molar-refractivity contribution in [1.29, 1.82) is 0 Å². The molecule has 3 nitrogen and oxygen atoms in total. The molecular weight excluding hydrogens is 214 g/mol. The number of hydrogen-bond acceptors (Lipinski definition) is 2. The van der Waals surface area contributed by atoms with Crippen molar-refractivity contribution in [2.45, 2.75) is 39.7 Å². The molecule has 1 aromatic heterocycles. The van der Waals surface area contributed by atoms with Crippen LogP contribution in [0.15, 0.2) is 6.07 Å². The molecule has 2 rings (SSSR count). The lowest BCUT2D eigenvalue weighted by Crippen LogP contribution is -2.16. The number of carbonyl (C=O) groups is 1. The van der Waals surface area contributed by atoms with Gasteiger partial charge in [-0.2, -0.15) is 0 Å². The molecule has 1 aromatic rings. The second-order valence-electron chi connectivity index (χ2n) is 5.27. The maximum absolute atomic E-state index is 10.9. The van der Waals surface area contributed by atoms with Crippen LogP contribution in [0.2, 0.25) is 0 Å². The minimum Gasteiger partial charge on any atom is -0.385 e. The SMILES string of the molecule is COCCC1(Cn2c(C)cc(C=O)c2C)CC1. The van der Waals surface area contributed by atoms with Crippen LogP contribution in [0.5, 0.6) is 0 Å². The van der Waals surface area contributed by atoms with Gasteiger partial charge in [0.05, 0.1) is 0 Å². The first-order valence-electron chi connectivity index (χ1n) is 6.23. The Balaban J connectivity index is 2.13. The Hall–Kier alpha value is -1.09. The van der Waals surface area contributed by atoms with Gasteiger partial charge in [0.1, 0.15) is 0 Å². The maximum atomic E-state index is 10.9. The van der Waals surface area contributed by atoms with E-state index in [1.807, 2.05) is 13.0 Å². The molecule has 0 spiro atoms. The minimum atomic E-state index is 0.421. The summed E-state index contributed by atoms with van der Waals surface area (Å²) in [5, 5.41) is 0. The molecule has 0 saturated heterocycles. The van der Waals surface area contributed by atoms with Crippen LogP contribution < -0.4 is 0 Å². The molecule has 1 heterocycles. The third-order valence-electron chi connectivity index (χ3n) is 4.03. The fourth-order valence-corrected chi connectivity index (χ4v) is 2.51. The van der Waals surface area contributed by atoms with E-state index in [9.17, 15) is 4.79 Å². The fourth-order valence-electron chi connectivity index (χ4n) is 2.51. The number of hydrogen-bond donors (Lipinski definition) is 0. The predicted octanol–water partition coefficient (Wildman–Crippen LogP) is 2.73. The minimum absolute atomic E-state index is 0.421. The van der Waals surface area contributed by atoms with E-state index in [-0.39, 0.29) is 0 Å². The molecule has 0 aliphatic heterocycles. The van der Waals surface area contributed by atoms with Crippen molar-refractivity contribution in [2.75, 3.05) is 13.7 Å². The summed E-state index contributed by atoms with van der Waals surface area (Å²) in [6.07, 6.45) is 4.64. The van der Waals surface area contributed by atoms with E-state index in [1.54, 1.807) is 7.11 Å². The predicted molar refractivity (Wildman–Crippen MR) is 67.5 cm³/mol. The van der Waals surface area contributed by atoms with Gasteiger partial charge < -0.3 is 9.30 Å². The average Bonchev–Trinajstić information content (AvgIpc) is 3.04. The molecule has 94 valence electrons. The van der Waals surface area contributed by atoms with E-state index in [0.29, 0.717) is 5.41 Å². The van der Waals surface area contributed by atoms with E-state index in [0.717, 1.165) is 37.1 Å². The lowest BCUT2D eigenvalue weighted by molar-refractivity contribution is 0.112. The van der Waals surface area contributed by atoms with E-state index in [2.05, 4.69) is 11.5 Å². The van der Waals surface area contributed by atoms with E-state index in [1.165, 1.54) is 18.5 Å². The lowest BCUT2D eigenvalue weighted by atomic mass is 10.0. The summed E-state index contributed by atoms with van der Waals surface area (Å²) in [6.45, 7) is 5.97. The molecule has 1 aliphatic rings. The van der Waals surface area contributed by atoms with Gasteiger partial charge >= 0.3 is 0 Å². The van der Waals surface area contributed by atoms with Crippen LogP contribution >= 0.6 is 0 Å². The monoisotopic (exact) mass is 235 g/mol. The maximum Gasteiger partial charge on any atom is 0.151 e. The summed E-state index contributed by atoms with van der Waals surface area (Å²) < 4.78 is 7.46. The Labute approximate surface area is 103 Å². The van der Waals surface area contributed by atoms with Crippen molar-refractivity contribution in [3.63, 3.8) is 0 Å². The molecule has 1 aliphatic carbocycles. The van der Waals surface area contributed by atoms with Crippen molar-refractivity contribution in [1.82, 2.24) is 4.57 Å². The molecule has 1 fully saturated rings. The zero-order chi connectivity index (χ0) is 12.5. The van der Waals surface area contributed by atoms with Gasteiger partial charge in [-0.05, 0) is 44.6 Å². The molecule has 0 N–H and O–H groups in total. The Morgan fingerprint density at radius 2 is 2.18 bits per heavy atom. The van der Waals surface area contributed by atoms with Gasteiger partial charge in [0.2, 0.25) is 0 Å². The van der Waals surface area contributed by atoms with Gasteiger partial charge in [-0.1, -0.05) is 0 Å². The first-order valence-corrected chi connectivity index (χ1v) is 6.23. The third-order valence-corrected chi connectivity index (χ3v) is 4.03. The van der Waals surface area contributed by atoms with Crippen LogP contribution in [0, 0.1) is 19.3 Å². The molecule has 0 atom stereocenters. The van der Waals surface area contributed by atoms with Crippen LogP contribution in [-0.4, -0.2) is 24.6 Å². The normalized spacial score (nSPS) is 17.1. The highest BCUT2D eigenvalue weighted by atomic mass is 16.5. The number of aryl methyl sites for hydroxylation is 1. The molecule has 0 bridgehead atoms. The summed E-state index contributed by atoms with van der Waals surface area (Å²) in [5.74, 6) is 0.